The van der Waals surface area contributed by atoms with Gasteiger partial charge in [0.05, 0.1) is 12.5 Å². The summed E-state index contributed by atoms with van der Waals surface area (Å²) >= 11 is 11.8. The molecule has 0 saturated heterocycles. The molecule has 0 aliphatic heterocycles. The number of nitrogens with zero attached hydrogens (tertiary/aromatic N) is 1. The topological polar surface area (TPSA) is 35.8 Å². The van der Waals surface area contributed by atoms with Crippen LogP contribution < -0.4 is 5.32 Å². The molecule has 1 rings (SSSR count). The average Bonchev–Trinajstić information content (AvgIpc) is 2.22. The van der Waals surface area contributed by atoms with Crippen LogP contribution in [0.15, 0.2) is 18.2 Å². The number of nitriles is 1. The molecule has 0 radical (unpaired) electrons. The lowest BCUT2D eigenvalue weighted by molar-refractivity contribution is 0.560. The van der Waals surface area contributed by atoms with Crippen molar-refractivity contribution in [3.05, 3.63) is 33.8 Å². The number of benzene rings is 1. The highest BCUT2D eigenvalue weighted by Gasteiger charge is 2.03. The predicted molar refractivity (Wildman–Crippen MR) is 67.9 cm³/mol. The second-order valence-corrected chi connectivity index (χ2v) is 4.55. The Morgan fingerprint density at radius 2 is 2.19 bits per heavy atom. The maximum Gasteiger partial charge on any atom is 0.0638 e. The van der Waals surface area contributed by atoms with Gasteiger partial charge in [0, 0.05) is 16.1 Å². The highest BCUT2D eigenvalue weighted by Crippen LogP contribution is 2.21. The zero-order valence-electron chi connectivity index (χ0n) is 9.13. The predicted octanol–water partition coefficient (Wildman–Crippen LogP) is 3.43. The van der Waals surface area contributed by atoms with Gasteiger partial charge in [-0.05, 0) is 37.6 Å². The normalized spacial score (nSPS) is 12.1. The van der Waals surface area contributed by atoms with Crippen LogP contribution in [-0.2, 0) is 6.42 Å². The third-order valence-corrected chi connectivity index (χ3v) is 2.89. The molecule has 1 unspecified atom stereocenters. The molecular formula is C12H14Cl2N2. The molecule has 1 aromatic rings. The smallest absolute Gasteiger partial charge is 0.0638 e. The maximum absolute atomic E-state index is 8.50. The van der Waals surface area contributed by atoms with E-state index < -0.39 is 0 Å². The first-order valence-electron chi connectivity index (χ1n) is 5.17. The van der Waals surface area contributed by atoms with Crippen molar-refractivity contribution >= 4 is 23.2 Å². The van der Waals surface area contributed by atoms with Crippen LogP contribution >= 0.6 is 23.2 Å². The van der Waals surface area contributed by atoms with E-state index in [4.69, 9.17) is 28.5 Å². The van der Waals surface area contributed by atoms with E-state index in [1.807, 2.05) is 19.1 Å². The van der Waals surface area contributed by atoms with Crippen molar-refractivity contribution in [2.24, 2.45) is 0 Å². The molecule has 0 aliphatic carbocycles. The summed E-state index contributed by atoms with van der Waals surface area (Å²) in [4.78, 5) is 0. The van der Waals surface area contributed by atoms with Crippen molar-refractivity contribution in [3.8, 4) is 6.07 Å². The molecule has 0 heterocycles. The third-order valence-electron chi connectivity index (χ3n) is 2.30. The van der Waals surface area contributed by atoms with E-state index in [1.54, 1.807) is 6.07 Å². The zero-order valence-corrected chi connectivity index (χ0v) is 10.6. The van der Waals surface area contributed by atoms with E-state index in [-0.39, 0.29) is 6.04 Å². The van der Waals surface area contributed by atoms with Crippen molar-refractivity contribution in [3.63, 3.8) is 0 Å². The van der Waals surface area contributed by atoms with Gasteiger partial charge in [0.1, 0.15) is 0 Å². The van der Waals surface area contributed by atoms with Crippen LogP contribution in [0.5, 0.6) is 0 Å². The Hall–Kier alpha value is -0.750. The van der Waals surface area contributed by atoms with E-state index in [0.717, 1.165) is 18.5 Å². The summed E-state index contributed by atoms with van der Waals surface area (Å²) in [6, 6.07) is 7.86. The van der Waals surface area contributed by atoms with Crippen LogP contribution in [0, 0.1) is 11.3 Å². The lowest BCUT2D eigenvalue weighted by atomic mass is 10.1. The van der Waals surface area contributed by atoms with E-state index in [9.17, 15) is 0 Å². The molecule has 0 aliphatic rings. The number of halogens is 2. The van der Waals surface area contributed by atoms with Crippen LogP contribution in [0.4, 0.5) is 0 Å². The monoisotopic (exact) mass is 256 g/mol. The molecule has 4 heteroatoms. The number of rotatable bonds is 5. The Morgan fingerprint density at radius 1 is 1.44 bits per heavy atom. The van der Waals surface area contributed by atoms with Crippen molar-refractivity contribution in [1.29, 1.82) is 5.26 Å². The fourth-order valence-electron chi connectivity index (χ4n) is 1.39. The van der Waals surface area contributed by atoms with Gasteiger partial charge >= 0.3 is 0 Å². The summed E-state index contributed by atoms with van der Waals surface area (Å²) in [6.45, 7) is 2.80. The molecule has 2 nitrogen and oxygen atoms in total. The molecule has 0 fully saturated rings. The molecule has 0 amide bonds. The van der Waals surface area contributed by atoms with Crippen LogP contribution in [0.2, 0.25) is 10.0 Å². The van der Waals surface area contributed by atoms with Gasteiger partial charge in [0.15, 0.2) is 0 Å². The van der Waals surface area contributed by atoms with Crippen molar-refractivity contribution in [1.82, 2.24) is 5.32 Å². The van der Waals surface area contributed by atoms with E-state index in [0.29, 0.717) is 16.5 Å². The minimum absolute atomic E-state index is 0.219. The quantitative estimate of drug-likeness (QED) is 0.877. The van der Waals surface area contributed by atoms with Crippen LogP contribution in [0.1, 0.15) is 18.9 Å². The second kappa shape index (κ2) is 6.75. The standard InChI is InChI=1S/C12H14Cl2N2/c1-9(4-6-15)16-7-5-10-2-3-11(13)8-12(10)14/h2-3,8-9,16H,4-5,7H2,1H3. The largest absolute Gasteiger partial charge is 0.313 e. The van der Waals surface area contributed by atoms with Gasteiger partial charge < -0.3 is 5.32 Å². The SMILES string of the molecule is CC(CC#N)NCCc1ccc(Cl)cc1Cl. The molecule has 1 aromatic carbocycles. The molecule has 0 spiro atoms. The number of nitrogens with one attached hydrogen (secondary N) is 1. The molecule has 1 atom stereocenters. The van der Waals surface area contributed by atoms with E-state index in [1.165, 1.54) is 0 Å². The highest BCUT2D eigenvalue weighted by molar-refractivity contribution is 6.35. The first-order valence-corrected chi connectivity index (χ1v) is 5.93. The van der Waals surface area contributed by atoms with Gasteiger partial charge in [-0.1, -0.05) is 29.3 Å². The van der Waals surface area contributed by atoms with Crippen molar-refractivity contribution in [2.75, 3.05) is 6.54 Å². The fraction of sp³-hybridized carbons (Fsp3) is 0.417. The summed E-state index contributed by atoms with van der Waals surface area (Å²) < 4.78 is 0. The van der Waals surface area contributed by atoms with Crippen molar-refractivity contribution < 1.29 is 0 Å². The lowest BCUT2D eigenvalue weighted by Gasteiger charge is -2.10. The van der Waals surface area contributed by atoms with Crippen molar-refractivity contribution in [2.45, 2.75) is 25.8 Å². The highest BCUT2D eigenvalue weighted by atomic mass is 35.5. The van der Waals surface area contributed by atoms with Gasteiger partial charge in [-0.3, -0.25) is 0 Å². The third kappa shape index (κ3) is 4.40. The summed E-state index contributed by atoms with van der Waals surface area (Å²) in [5.74, 6) is 0. The summed E-state index contributed by atoms with van der Waals surface area (Å²) in [6.07, 6.45) is 1.36. The van der Waals surface area contributed by atoms with E-state index in [2.05, 4.69) is 11.4 Å². The maximum atomic E-state index is 8.50. The Morgan fingerprint density at radius 3 is 2.81 bits per heavy atom. The Labute approximate surface area is 106 Å². The van der Waals surface area contributed by atoms with Gasteiger partial charge in [-0.15, -0.1) is 0 Å². The van der Waals surface area contributed by atoms with Gasteiger partial charge in [0.25, 0.3) is 0 Å². The fourth-order valence-corrected chi connectivity index (χ4v) is 1.89. The Balaban J connectivity index is 2.41. The summed E-state index contributed by atoms with van der Waals surface area (Å²) in [5, 5.41) is 13.1. The summed E-state index contributed by atoms with van der Waals surface area (Å²) in [7, 11) is 0. The molecule has 16 heavy (non-hydrogen) atoms. The lowest BCUT2D eigenvalue weighted by Crippen LogP contribution is -2.27. The Bertz CT molecular complexity index is 385. The molecule has 0 bridgehead atoms. The van der Waals surface area contributed by atoms with Crippen LogP contribution in [0.3, 0.4) is 0 Å². The Kier molecular flexibility index (Phi) is 5.62. The van der Waals surface area contributed by atoms with E-state index >= 15 is 0 Å². The minimum atomic E-state index is 0.219. The average molecular weight is 257 g/mol. The number of hydrogen-bond acceptors (Lipinski definition) is 2. The minimum Gasteiger partial charge on any atom is -0.313 e. The summed E-state index contributed by atoms with van der Waals surface area (Å²) in [5.41, 5.74) is 1.07. The number of hydrogen-bond donors (Lipinski definition) is 1. The first-order chi connectivity index (χ1) is 7.63. The molecule has 0 saturated carbocycles. The second-order valence-electron chi connectivity index (χ2n) is 3.70. The molecule has 1 N–H and O–H groups in total. The van der Waals surface area contributed by atoms with Gasteiger partial charge in [0.2, 0.25) is 0 Å². The van der Waals surface area contributed by atoms with Gasteiger partial charge in [-0.25, -0.2) is 0 Å². The van der Waals surface area contributed by atoms with Crippen LogP contribution in [-0.4, -0.2) is 12.6 Å². The molecule has 86 valence electrons. The van der Waals surface area contributed by atoms with Gasteiger partial charge in [-0.2, -0.15) is 5.26 Å². The first kappa shape index (κ1) is 13.3. The molecular weight excluding hydrogens is 243 g/mol. The molecule has 0 aromatic heterocycles. The zero-order chi connectivity index (χ0) is 12.0. The van der Waals surface area contributed by atoms with Crippen LogP contribution in [0.25, 0.3) is 0 Å².